The van der Waals surface area contributed by atoms with Crippen LogP contribution in [-0.2, 0) is 0 Å². The van der Waals surface area contributed by atoms with Crippen LogP contribution < -0.4 is 4.90 Å². The number of hydrogen-bond donors (Lipinski definition) is 1. The van der Waals surface area contributed by atoms with E-state index in [-0.39, 0.29) is 6.61 Å². The standard InChI is InChI=1S/C12H15N3O/c1-2-7-14(9-10-16)12-5-3-4-11-13-6-8-15(11)12/h2-6,8,16H,1,7,9-10H2. The van der Waals surface area contributed by atoms with Gasteiger partial charge in [0.15, 0.2) is 0 Å². The van der Waals surface area contributed by atoms with Gasteiger partial charge in [0.1, 0.15) is 11.5 Å². The molecule has 0 aliphatic carbocycles. The predicted octanol–water partition coefficient (Wildman–Crippen LogP) is 1.32. The van der Waals surface area contributed by atoms with E-state index in [9.17, 15) is 0 Å². The molecule has 1 N–H and O–H groups in total. The zero-order valence-electron chi connectivity index (χ0n) is 9.08. The summed E-state index contributed by atoms with van der Waals surface area (Å²) < 4.78 is 2.00. The van der Waals surface area contributed by atoms with E-state index in [1.807, 2.05) is 34.9 Å². The second-order valence-electron chi connectivity index (χ2n) is 3.50. The molecule has 2 aromatic heterocycles. The summed E-state index contributed by atoms with van der Waals surface area (Å²) in [6.45, 7) is 5.14. The summed E-state index contributed by atoms with van der Waals surface area (Å²) in [5.41, 5.74) is 0.907. The van der Waals surface area contributed by atoms with Crippen LogP contribution in [0, 0.1) is 0 Å². The minimum absolute atomic E-state index is 0.124. The van der Waals surface area contributed by atoms with Gasteiger partial charge in [-0.1, -0.05) is 12.1 Å². The summed E-state index contributed by atoms with van der Waals surface area (Å²) in [5, 5.41) is 9.05. The van der Waals surface area contributed by atoms with Gasteiger partial charge in [-0.25, -0.2) is 4.98 Å². The van der Waals surface area contributed by atoms with Crippen molar-refractivity contribution in [2.75, 3.05) is 24.6 Å². The van der Waals surface area contributed by atoms with E-state index in [0.29, 0.717) is 13.1 Å². The average molecular weight is 217 g/mol. The van der Waals surface area contributed by atoms with Gasteiger partial charge in [0.05, 0.1) is 6.61 Å². The number of imidazole rings is 1. The monoisotopic (exact) mass is 217 g/mol. The first-order chi connectivity index (χ1) is 7.86. The number of aliphatic hydroxyl groups is 1. The molecule has 0 aliphatic heterocycles. The maximum Gasteiger partial charge on any atom is 0.138 e. The second-order valence-corrected chi connectivity index (χ2v) is 3.50. The fraction of sp³-hybridized carbons (Fsp3) is 0.250. The molecular weight excluding hydrogens is 202 g/mol. The summed E-state index contributed by atoms with van der Waals surface area (Å²) in [4.78, 5) is 6.29. The van der Waals surface area contributed by atoms with Crippen molar-refractivity contribution in [2.24, 2.45) is 0 Å². The van der Waals surface area contributed by atoms with Gasteiger partial charge in [-0.15, -0.1) is 6.58 Å². The van der Waals surface area contributed by atoms with Gasteiger partial charge in [0, 0.05) is 25.5 Å². The highest BCUT2D eigenvalue weighted by atomic mass is 16.3. The van der Waals surface area contributed by atoms with Gasteiger partial charge in [-0.05, 0) is 12.1 Å². The Morgan fingerprint density at radius 3 is 3.12 bits per heavy atom. The van der Waals surface area contributed by atoms with E-state index in [2.05, 4.69) is 16.5 Å². The molecule has 0 atom stereocenters. The largest absolute Gasteiger partial charge is 0.395 e. The maximum absolute atomic E-state index is 9.05. The molecule has 16 heavy (non-hydrogen) atoms. The predicted molar refractivity (Wildman–Crippen MR) is 64.7 cm³/mol. The highest BCUT2D eigenvalue weighted by Crippen LogP contribution is 2.15. The number of pyridine rings is 1. The van der Waals surface area contributed by atoms with E-state index >= 15 is 0 Å². The van der Waals surface area contributed by atoms with Crippen LogP contribution in [0.25, 0.3) is 5.65 Å². The number of rotatable bonds is 5. The summed E-state index contributed by atoms with van der Waals surface area (Å²) in [7, 11) is 0. The van der Waals surface area contributed by atoms with Gasteiger partial charge >= 0.3 is 0 Å². The van der Waals surface area contributed by atoms with Crippen LogP contribution in [-0.4, -0.2) is 34.2 Å². The summed E-state index contributed by atoms with van der Waals surface area (Å²) in [5.74, 6) is 1.02. The van der Waals surface area contributed by atoms with Gasteiger partial charge in [0.2, 0.25) is 0 Å². The molecule has 0 unspecified atom stereocenters. The van der Waals surface area contributed by atoms with Crippen LogP contribution in [0.5, 0.6) is 0 Å². The van der Waals surface area contributed by atoms with Crippen LogP contribution in [0.4, 0.5) is 5.82 Å². The number of aliphatic hydroxyl groups excluding tert-OH is 1. The fourth-order valence-electron chi connectivity index (χ4n) is 1.77. The fourth-order valence-corrected chi connectivity index (χ4v) is 1.77. The topological polar surface area (TPSA) is 40.8 Å². The lowest BCUT2D eigenvalue weighted by Gasteiger charge is -2.23. The molecule has 2 aromatic rings. The third kappa shape index (κ3) is 1.92. The first-order valence-corrected chi connectivity index (χ1v) is 5.25. The van der Waals surface area contributed by atoms with E-state index in [1.165, 1.54) is 0 Å². The summed E-state index contributed by atoms with van der Waals surface area (Å²) >= 11 is 0. The van der Waals surface area contributed by atoms with Crippen molar-refractivity contribution in [3.8, 4) is 0 Å². The molecule has 0 saturated carbocycles. The molecule has 0 bridgehead atoms. The van der Waals surface area contributed by atoms with Gasteiger partial charge < -0.3 is 10.0 Å². The SMILES string of the molecule is C=CCN(CCO)c1cccc2nccn12. The molecule has 2 rings (SSSR count). The third-order valence-electron chi connectivity index (χ3n) is 2.45. The van der Waals surface area contributed by atoms with Gasteiger partial charge in [-0.2, -0.15) is 0 Å². The van der Waals surface area contributed by atoms with Crippen molar-refractivity contribution in [3.05, 3.63) is 43.2 Å². The molecule has 0 spiro atoms. The van der Waals surface area contributed by atoms with E-state index < -0.39 is 0 Å². The Labute approximate surface area is 94.5 Å². The third-order valence-corrected chi connectivity index (χ3v) is 2.45. The lowest BCUT2D eigenvalue weighted by atomic mass is 10.4. The van der Waals surface area contributed by atoms with E-state index in [1.54, 1.807) is 6.20 Å². The highest BCUT2D eigenvalue weighted by molar-refractivity contribution is 5.51. The van der Waals surface area contributed by atoms with Crippen LogP contribution in [0.3, 0.4) is 0 Å². The molecular formula is C12H15N3O. The van der Waals surface area contributed by atoms with Crippen LogP contribution in [0.1, 0.15) is 0 Å². The van der Waals surface area contributed by atoms with Crippen molar-refractivity contribution in [3.63, 3.8) is 0 Å². The quantitative estimate of drug-likeness (QED) is 0.768. The molecule has 2 heterocycles. The molecule has 0 radical (unpaired) electrons. The van der Waals surface area contributed by atoms with Gasteiger partial charge in [-0.3, -0.25) is 4.40 Å². The lowest BCUT2D eigenvalue weighted by molar-refractivity contribution is 0.302. The maximum atomic E-state index is 9.05. The number of fused-ring (bicyclic) bond motifs is 1. The summed E-state index contributed by atoms with van der Waals surface area (Å²) in [6, 6.07) is 5.92. The Hall–Kier alpha value is -1.81. The zero-order chi connectivity index (χ0) is 11.4. The zero-order valence-corrected chi connectivity index (χ0v) is 9.08. The minimum atomic E-state index is 0.124. The average Bonchev–Trinajstić information content (AvgIpc) is 2.76. The molecule has 84 valence electrons. The minimum Gasteiger partial charge on any atom is -0.395 e. The van der Waals surface area contributed by atoms with E-state index in [0.717, 1.165) is 11.5 Å². The molecule has 4 nitrogen and oxygen atoms in total. The van der Waals surface area contributed by atoms with Crippen LogP contribution >= 0.6 is 0 Å². The second kappa shape index (κ2) is 4.81. The van der Waals surface area contributed by atoms with Gasteiger partial charge in [0.25, 0.3) is 0 Å². The Kier molecular flexibility index (Phi) is 3.22. The Bertz CT molecular complexity index is 478. The Morgan fingerprint density at radius 2 is 2.38 bits per heavy atom. The van der Waals surface area contributed by atoms with Crippen molar-refractivity contribution < 1.29 is 5.11 Å². The lowest BCUT2D eigenvalue weighted by Crippen LogP contribution is -2.28. The highest BCUT2D eigenvalue weighted by Gasteiger charge is 2.07. The molecule has 0 amide bonds. The number of anilines is 1. The van der Waals surface area contributed by atoms with Crippen LogP contribution in [0.15, 0.2) is 43.2 Å². The Morgan fingerprint density at radius 1 is 1.50 bits per heavy atom. The molecule has 0 aromatic carbocycles. The Balaban J connectivity index is 2.42. The van der Waals surface area contributed by atoms with Crippen molar-refractivity contribution in [1.29, 1.82) is 0 Å². The molecule has 0 aliphatic rings. The smallest absolute Gasteiger partial charge is 0.138 e. The van der Waals surface area contributed by atoms with Crippen LogP contribution in [0.2, 0.25) is 0 Å². The van der Waals surface area contributed by atoms with E-state index in [4.69, 9.17) is 5.11 Å². The van der Waals surface area contributed by atoms with Crippen molar-refractivity contribution in [2.45, 2.75) is 0 Å². The molecule has 0 fully saturated rings. The first-order valence-electron chi connectivity index (χ1n) is 5.25. The van der Waals surface area contributed by atoms with Crippen molar-refractivity contribution in [1.82, 2.24) is 9.38 Å². The number of nitrogens with zero attached hydrogens (tertiary/aromatic N) is 3. The molecule has 0 saturated heterocycles. The number of hydrogen-bond acceptors (Lipinski definition) is 3. The molecule has 4 heteroatoms. The van der Waals surface area contributed by atoms with Crippen molar-refractivity contribution >= 4 is 11.5 Å². The summed E-state index contributed by atoms with van der Waals surface area (Å²) in [6.07, 6.45) is 5.51. The number of aromatic nitrogens is 2. The first kappa shape index (κ1) is 10.7. The normalized spacial score (nSPS) is 10.6.